The van der Waals surface area contributed by atoms with E-state index in [2.05, 4.69) is 17.2 Å². The van der Waals surface area contributed by atoms with E-state index in [0.717, 1.165) is 29.1 Å². The smallest absolute Gasteiger partial charge is 0.257 e. The molecule has 0 saturated heterocycles. The van der Waals surface area contributed by atoms with E-state index in [1.165, 1.54) is 25.7 Å². The maximum atomic E-state index is 5.90. The lowest BCUT2D eigenvalue weighted by atomic mass is 10.1. The SMILES string of the molecule is CCCCCCCOc1nc(C)c(-c2ccc(OCC)cc2OC)nc1NC. The number of aryl methyl sites for hydroxylation is 1. The first kappa shape index (κ1) is 21.8. The number of unbranched alkanes of at least 4 members (excludes halogenated alkanes) is 4. The van der Waals surface area contributed by atoms with Gasteiger partial charge in [0, 0.05) is 18.7 Å². The summed E-state index contributed by atoms with van der Waals surface area (Å²) in [5, 5.41) is 3.10. The Morgan fingerprint density at radius 1 is 1.00 bits per heavy atom. The number of hydrogen-bond donors (Lipinski definition) is 1. The van der Waals surface area contributed by atoms with Crippen LogP contribution in [0.3, 0.4) is 0 Å². The lowest BCUT2D eigenvalue weighted by molar-refractivity contribution is 0.293. The highest BCUT2D eigenvalue weighted by Crippen LogP contribution is 2.35. The van der Waals surface area contributed by atoms with Gasteiger partial charge in [0.15, 0.2) is 5.82 Å². The number of methoxy groups -OCH3 is 1. The molecular weight excluding hydrogens is 354 g/mol. The van der Waals surface area contributed by atoms with Crippen LogP contribution in [0.1, 0.15) is 51.6 Å². The Morgan fingerprint density at radius 2 is 1.79 bits per heavy atom. The fourth-order valence-electron chi connectivity index (χ4n) is 3.02. The number of rotatable bonds is 12. The van der Waals surface area contributed by atoms with Crippen molar-refractivity contribution in [2.24, 2.45) is 0 Å². The molecule has 0 saturated carbocycles. The van der Waals surface area contributed by atoms with Crippen molar-refractivity contribution in [3.05, 3.63) is 23.9 Å². The van der Waals surface area contributed by atoms with Gasteiger partial charge in [-0.1, -0.05) is 32.6 Å². The van der Waals surface area contributed by atoms with Gasteiger partial charge in [-0.2, -0.15) is 0 Å². The molecule has 0 amide bonds. The quantitative estimate of drug-likeness (QED) is 0.502. The molecule has 0 atom stereocenters. The third-order valence-electron chi connectivity index (χ3n) is 4.50. The Labute approximate surface area is 168 Å². The van der Waals surface area contributed by atoms with Crippen LogP contribution in [0.2, 0.25) is 0 Å². The van der Waals surface area contributed by atoms with E-state index in [-0.39, 0.29) is 0 Å². The maximum Gasteiger partial charge on any atom is 0.257 e. The lowest BCUT2D eigenvalue weighted by Gasteiger charge is -2.15. The summed E-state index contributed by atoms with van der Waals surface area (Å²) in [7, 11) is 3.47. The van der Waals surface area contributed by atoms with E-state index >= 15 is 0 Å². The van der Waals surface area contributed by atoms with Crippen molar-refractivity contribution in [1.29, 1.82) is 0 Å². The minimum absolute atomic E-state index is 0.546. The van der Waals surface area contributed by atoms with Crippen LogP contribution in [0.5, 0.6) is 17.4 Å². The minimum atomic E-state index is 0.546. The van der Waals surface area contributed by atoms with E-state index in [9.17, 15) is 0 Å². The molecule has 0 aliphatic heterocycles. The third kappa shape index (κ3) is 5.75. The second kappa shape index (κ2) is 11.4. The summed E-state index contributed by atoms with van der Waals surface area (Å²) >= 11 is 0. The van der Waals surface area contributed by atoms with Crippen LogP contribution in [0.15, 0.2) is 18.2 Å². The molecule has 0 spiro atoms. The summed E-state index contributed by atoms with van der Waals surface area (Å²) in [5.74, 6) is 2.65. The van der Waals surface area contributed by atoms with Crippen LogP contribution in [0.25, 0.3) is 11.3 Å². The predicted molar refractivity (Wildman–Crippen MR) is 114 cm³/mol. The molecule has 2 aromatic rings. The number of ether oxygens (including phenoxy) is 3. The number of aromatic nitrogens is 2. The highest BCUT2D eigenvalue weighted by molar-refractivity contribution is 5.72. The van der Waals surface area contributed by atoms with Crippen LogP contribution in [-0.4, -0.2) is 37.3 Å². The summed E-state index contributed by atoms with van der Waals surface area (Å²) in [6.07, 6.45) is 5.97. The molecule has 0 aliphatic carbocycles. The van der Waals surface area contributed by atoms with Gasteiger partial charge < -0.3 is 19.5 Å². The maximum absolute atomic E-state index is 5.90. The van der Waals surface area contributed by atoms with Crippen LogP contribution in [0, 0.1) is 6.92 Å². The first-order valence-electron chi connectivity index (χ1n) is 10.1. The van der Waals surface area contributed by atoms with Gasteiger partial charge in [0.05, 0.1) is 31.7 Å². The normalized spacial score (nSPS) is 10.6. The Hall–Kier alpha value is -2.50. The van der Waals surface area contributed by atoms with Gasteiger partial charge in [-0.05, 0) is 32.4 Å². The second-order valence-electron chi connectivity index (χ2n) is 6.62. The Bertz CT molecular complexity index is 750. The number of benzene rings is 1. The summed E-state index contributed by atoms with van der Waals surface area (Å²) in [4.78, 5) is 9.41. The van der Waals surface area contributed by atoms with Crippen molar-refractivity contribution in [3.8, 4) is 28.6 Å². The van der Waals surface area contributed by atoms with Crippen LogP contribution >= 0.6 is 0 Å². The monoisotopic (exact) mass is 387 g/mol. The van der Waals surface area contributed by atoms with Gasteiger partial charge in [0.2, 0.25) is 0 Å². The van der Waals surface area contributed by atoms with Crippen LogP contribution in [-0.2, 0) is 0 Å². The van der Waals surface area contributed by atoms with Gasteiger partial charge in [0.1, 0.15) is 11.5 Å². The fraction of sp³-hybridized carbons (Fsp3) is 0.545. The minimum Gasteiger partial charge on any atom is -0.496 e. The topological polar surface area (TPSA) is 65.5 Å². The average Bonchev–Trinajstić information content (AvgIpc) is 2.71. The molecule has 154 valence electrons. The summed E-state index contributed by atoms with van der Waals surface area (Å²) < 4.78 is 17.0. The third-order valence-corrected chi connectivity index (χ3v) is 4.50. The summed E-state index contributed by atoms with van der Waals surface area (Å²) in [6.45, 7) is 7.37. The van der Waals surface area contributed by atoms with Gasteiger partial charge >= 0.3 is 0 Å². The highest BCUT2D eigenvalue weighted by atomic mass is 16.5. The number of anilines is 1. The van der Waals surface area contributed by atoms with Crippen molar-refractivity contribution in [2.45, 2.75) is 52.9 Å². The van der Waals surface area contributed by atoms with Gasteiger partial charge in [-0.15, -0.1) is 0 Å². The molecule has 6 heteroatoms. The number of nitrogens with one attached hydrogen (secondary N) is 1. The highest BCUT2D eigenvalue weighted by Gasteiger charge is 2.17. The van der Waals surface area contributed by atoms with Crippen molar-refractivity contribution >= 4 is 5.82 Å². The van der Waals surface area contributed by atoms with Crippen molar-refractivity contribution in [3.63, 3.8) is 0 Å². The molecule has 0 aliphatic rings. The largest absolute Gasteiger partial charge is 0.496 e. The van der Waals surface area contributed by atoms with E-state index in [0.29, 0.717) is 30.7 Å². The van der Waals surface area contributed by atoms with E-state index in [1.807, 2.05) is 39.1 Å². The van der Waals surface area contributed by atoms with Crippen LogP contribution in [0.4, 0.5) is 5.82 Å². The van der Waals surface area contributed by atoms with E-state index < -0.39 is 0 Å². The van der Waals surface area contributed by atoms with E-state index in [4.69, 9.17) is 19.2 Å². The van der Waals surface area contributed by atoms with Crippen molar-refractivity contribution < 1.29 is 14.2 Å². The van der Waals surface area contributed by atoms with Crippen molar-refractivity contribution in [2.75, 3.05) is 32.7 Å². The predicted octanol–water partition coefficient (Wildman–Crippen LogP) is 5.25. The molecule has 6 nitrogen and oxygen atoms in total. The zero-order valence-electron chi connectivity index (χ0n) is 17.8. The van der Waals surface area contributed by atoms with Gasteiger partial charge in [-0.3, -0.25) is 0 Å². The molecule has 1 aromatic heterocycles. The number of nitrogens with zero attached hydrogens (tertiary/aromatic N) is 2. The molecule has 2 rings (SSSR count). The zero-order chi connectivity index (χ0) is 20.4. The Kier molecular flexibility index (Phi) is 8.85. The van der Waals surface area contributed by atoms with Gasteiger partial charge in [0.25, 0.3) is 5.88 Å². The first-order chi connectivity index (χ1) is 13.6. The Balaban J connectivity index is 2.20. The molecule has 28 heavy (non-hydrogen) atoms. The molecule has 1 N–H and O–H groups in total. The van der Waals surface area contributed by atoms with Crippen molar-refractivity contribution in [1.82, 2.24) is 9.97 Å². The van der Waals surface area contributed by atoms with Crippen LogP contribution < -0.4 is 19.5 Å². The van der Waals surface area contributed by atoms with Gasteiger partial charge in [-0.25, -0.2) is 9.97 Å². The standard InChI is InChI=1S/C22H33N3O3/c1-6-8-9-10-11-14-28-22-21(23-4)25-20(16(3)24-22)18-13-12-17(27-7-2)15-19(18)26-5/h12-13,15H,6-11,14H2,1-5H3,(H,23,25). The zero-order valence-corrected chi connectivity index (χ0v) is 17.8. The Morgan fingerprint density at radius 3 is 2.46 bits per heavy atom. The fourth-order valence-corrected chi connectivity index (χ4v) is 3.02. The molecule has 1 aromatic carbocycles. The molecule has 0 fully saturated rings. The van der Waals surface area contributed by atoms with E-state index in [1.54, 1.807) is 7.11 Å². The summed E-state index contributed by atoms with van der Waals surface area (Å²) in [6, 6.07) is 5.75. The molecule has 0 radical (unpaired) electrons. The number of hydrogen-bond acceptors (Lipinski definition) is 6. The molecule has 0 bridgehead atoms. The molecule has 1 heterocycles. The molecule has 0 unspecified atom stereocenters. The second-order valence-corrected chi connectivity index (χ2v) is 6.62. The first-order valence-corrected chi connectivity index (χ1v) is 10.1. The lowest BCUT2D eigenvalue weighted by Crippen LogP contribution is -2.07. The summed E-state index contributed by atoms with van der Waals surface area (Å²) in [5.41, 5.74) is 2.43. The average molecular weight is 388 g/mol. The molecular formula is C22H33N3O3.